The molecule has 4 heterocycles. The maximum Gasteiger partial charge on any atom is 0.281 e. The van der Waals surface area contributed by atoms with Gasteiger partial charge in [-0.3, -0.25) is 9.59 Å². The molecule has 1 N–H and O–H groups in total. The van der Waals surface area contributed by atoms with Crippen LogP contribution in [0.2, 0.25) is 0 Å². The topological polar surface area (TPSA) is 96.8 Å². The Balaban J connectivity index is 1.46. The first-order valence-electron chi connectivity index (χ1n) is 10.7. The van der Waals surface area contributed by atoms with Gasteiger partial charge in [-0.25, -0.2) is 9.67 Å². The van der Waals surface area contributed by atoms with Gasteiger partial charge < -0.3 is 9.88 Å². The molecule has 1 unspecified atom stereocenters. The number of H-pyrrole nitrogens is 1. The number of aromatic nitrogens is 5. The molecule has 0 saturated carbocycles. The lowest BCUT2D eigenvalue weighted by molar-refractivity contribution is 0.0709. The van der Waals surface area contributed by atoms with E-state index in [0.717, 1.165) is 28.8 Å². The summed E-state index contributed by atoms with van der Waals surface area (Å²) in [5.41, 5.74) is 3.86. The number of piperidine rings is 1. The van der Waals surface area contributed by atoms with Crippen molar-refractivity contribution in [2.45, 2.75) is 39.2 Å². The van der Waals surface area contributed by atoms with Gasteiger partial charge in [-0.05, 0) is 49.3 Å². The number of hydrogen-bond donors (Lipinski definition) is 1. The molecule has 1 fully saturated rings. The van der Waals surface area contributed by atoms with E-state index in [9.17, 15) is 9.59 Å². The smallest absolute Gasteiger partial charge is 0.281 e. The second-order valence-electron chi connectivity index (χ2n) is 8.37. The van der Waals surface area contributed by atoms with E-state index in [1.54, 1.807) is 4.68 Å². The molecule has 1 atom stereocenters. The molecule has 8 nitrogen and oxygen atoms in total. The highest BCUT2D eigenvalue weighted by Crippen LogP contribution is 2.26. The number of amides is 1. The third-order valence-corrected chi connectivity index (χ3v) is 6.90. The van der Waals surface area contributed by atoms with Crippen molar-refractivity contribution in [3.8, 4) is 0 Å². The third kappa shape index (κ3) is 3.84. The molecule has 1 aliphatic heterocycles. The normalized spacial score (nSPS) is 16.6. The fraction of sp³-hybridized carbons (Fsp3) is 0.348. The Kier molecular flexibility index (Phi) is 5.34. The van der Waals surface area contributed by atoms with Gasteiger partial charge in [0.05, 0.1) is 11.4 Å². The lowest BCUT2D eigenvalue weighted by Crippen LogP contribution is -2.39. The number of nitrogens with one attached hydrogen (secondary N) is 1. The minimum absolute atomic E-state index is 0.0335. The van der Waals surface area contributed by atoms with E-state index in [2.05, 4.69) is 47.3 Å². The number of fused-ring (bicyclic) bond motifs is 1. The van der Waals surface area contributed by atoms with Crippen LogP contribution in [-0.2, 0) is 6.54 Å². The number of aryl methyl sites for hydroxylation is 2. The largest absolute Gasteiger partial charge is 0.337 e. The lowest BCUT2D eigenvalue weighted by atomic mass is 9.97. The van der Waals surface area contributed by atoms with Gasteiger partial charge in [0.1, 0.15) is 5.82 Å². The molecule has 32 heavy (non-hydrogen) atoms. The number of carbonyl (C=O) groups excluding carboxylic acids is 1. The van der Waals surface area contributed by atoms with Crippen molar-refractivity contribution < 1.29 is 4.79 Å². The summed E-state index contributed by atoms with van der Waals surface area (Å²) in [7, 11) is 0. The van der Waals surface area contributed by atoms with Crippen molar-refractivity contribution in [1.29, 1.82) is 0 Å². The Morgan fingerprint density at radius 3 is 2.97 bits per heavy atom. The molecule has 1 saturated heterocycles. The first-order valence-corrected chi connectivity index (χ1v) is 11.6. The quantitative estimate of drug-likeness (QED) is 0.517. The van der Waals surface area contributed by atoms with Gasteiger partial charge in [-0.15, -0.1) is 16.4 Å². The molecule has 3 aromatic heterocycles. The Bertz CT molecular complexity index is 1340. The average molecular weight is 449 g/mol. The van der Waals surface area contributed by atoms with Crippen LogP contribution in [0.25, 0.3) is 11.2 Å². The van der Waals surface area contributed by atoms with Crippen molar-refractivity contribution in [3.05, 3.63) is 73.5 Å². The first kappa shape index (κ1) is 20.6. The number of aromatic amines is 1. The van der Waals surface area contributed by atoms with E-state index < -0.39 is 0 Å². The Hall–Kier alpha value is -3.33. The van der Waals surface area contributed by atoms with Gasteiger partial charge >= 0.3 is 0 Å². The van der Waals surface area contributed by atoms with Gasteiger partial charge in [-0.1, -0.05) is 35.0 Å². The van der Waals surface area contributed by atoms with Crippen LogP contribution < -0.4 is 5.56 Å². The summed E-state index contributed by atoms with van der Waals surface area (Å²) in [4.78, 5) is 35.8. The maximum absolute atomic E-state index is 12.8. The van der Waals surface area contributed by atoms with Crippen molar-refractivity contribution in [3.63, 3.8) is 0 Å². The summed E-state index contributed by atoms with van der Waals surface area (Å²) in [5, 5.41) is 10.2. The molecule has 1 amide bonds. The van der Waals surface area contributed by atoms with Crippen LogP contribution in [0.15, 0.2) is 40.5 Å². The standard InChI is InChI=1S/C23H24N6O2S/c1-14-7-8-15(2)17(11-14)13-29-21-19(26-27-29)22(30)25-20(24-21)16-5-3-9-28(12-16)23(31)18-6-4-10-32-18/h4,6-8,10-11,16H,3,5,9,12-13H2,1-2H3,(H,24,25,30). The summed E-state index contributed by atoms with van der Waals surface area (Å²) in [6.07, 6.45) is 1.73. The molecular formula is C23H24N6O2S. The monoisotopic (exact) mass is 448 g/mol. The van der Waals surface area contributed by atoms with Crippen molar-refractivity contribution in [2.24, 2.45) is 0 Å². The zero-order chi connectivity index (χ0) is 22.2. The molecule has 5 rings (SSSR count). The molecule has 1 aromatic carbocycles. The number of likely N-dealkylation sites (tertiary alicyclic amines) is 1. The van der Waals surface area contributed by atoms with Crippen molar-refractivity contribution >= 4 is 28.4 Å². The van der Waals surface area contributed by atoms with E-state index in [0.29, 0.717) is 31.1 Å². The van der Waals surface area contributed by atoms with Crippen molar-refractivity contribution in [1.82, 2.24) is 29.9 Å². The minimum atomic E-state index is -0.293. The predicted octanol–water partition coefficient (Wildman–Crippen LogP) is 3.26. The van der Waals surface area contributed by atoms with Crippen LogP contribution in [0.1, 0.15) is 50.9 Å². The zero-order valence-corrected chi connectivity index (χ0v) is 18.9. The van der Waals surface area contributed by atoms with Crippen molar-refractivity contribution in [2.75, 3.05) is 13.1 Å². The van der Waals surface area contributed by atoms with E-state index in [4.69, 9.17) is 4.98 Å². The SMILES string of the molecule is Cc1ccc(C)c(Cn2nnc3c(=O)[nH]c(C4CCCN(C(=O)c5cccs5)C4)nc32)c1. The fourth-order valence-corrected chi connectivity index (χ4v) is 4.95. The number of rotatable bonds is 4. The molecule has 9 heteroatoms. The van der Waals surface area contributed by atoms with Crippen LogP contribution in [0.5, 0.6) is 0 Å². The molecule has 4 aromatic rings. The van der Waals surface area contributed by atoms with Gasteiger partial charge in [0.2, 0.25) is 0 Å². The van der Waals surface area contributed by atoms with Gasteiger partial charge in [0.25, 0.3) is 11.5 Å². The highest BCUT2D eigenvalue weighted by atomic mass is 32.1. The summed E-state index contributed by atoms with van der Waals surface area (Å²) in [6.45, 7) is 5.85. The van der Waals surface area contributed by atoms with Gasteiger partial charge in [0.15, 0.2) is 11.2 Å². The number of thiophene rings is 1. The van der Waals surface area contributed by atoms with Gasteiger partial charge in [0, 0.05) is 19.0 Å². The van der Waals surface area contributed by atoms with E-state index in [-0.39, 0.29) is 22.9 Å². The number of nitrogens with zero attached hydrogens (tertiary/aromatic N) is 5. The fourth-order valence-electron chi connectivity index (χ4n) is 4.26. The summed E-state index contributed by atoms with van der Waals surface area (Å²) in [5.74, 6) is 0.597. The third-order valence-electron chi connectivity index (χ3n) is 6.04. The molecule has 0 aliphatic carbocycles. The lowest BCUT2D eigenvalue weighted by Gasteiger charge is -2.31. The maximum atomic E-state index is 12.8. The highest BCUT2D eigenvalue weighted by molar-refractivity contribution is 7.12. The summed E-state index contributed by atoms with van der Waals surface area (Å²) in [6, 6.07) is 10.0. The molecule has 0 spiro atoms. The first-order chi connectivity index (χ1) is 15.5. The number of benzene rings is 1. The van der Waals surface area contributed by atoms with Crippen LogP contribution in [0, 0.1) is 13.8 Å². The number of hydrogen-bond acceptors (Lipinski definition) is 6. The van der Waals surface area contributed by atoms with Crippen LogP contribution in [-0.4, -0.2) is 48.9 Å². The second-order valence-corrected chi connectivity index (χ2v) is 9.32. The minimum Gasteiger partial charge on any atom is -0.337 e. The van der Waals surface area contributed by atoms with Gasteiger partial charge in [-0.2, -0.15) is 0 Å². The van der Waals surface area contributed by atoms with E-state index >= 15 is 0 Å². The average Bonchev–Trinajstić information content (AvgIpc) is 3.47. The van der Waals surface area contributed by atoms with E-state index in [1.165, 1.54) is 16.9 Å². The highest BCUT2D eigenvalue weighted by Gasteiger charge is 2.28. The molecule has 0 bridgehead atoms. The molecule has 164 valence electrons. The Morgan fingerprint density at radius 2 is 2.16 bits per heavy atom. The molecule has 1 aliphatic rings. The van der Waals surface area contributed by atoms with Crippen LogP contribution >= 0.6 is 11.3 Å². The summed E-state index contributed by atoms with van der Waals surface area (Å²) < 4.78 is 1.69. The zero-order valence-electron chi connectivity index (χ0n) is 18.0. The van der Waals surface area contributed by atoms with E-state index in [1.807, 2.05) is 22.4 Å². The molecular weight excluding hydrogens is 424 g/mol. The Morgan fingerprint density at radius 1 is 1.28 bits per heavy atom. The summed E-state index contributed by atoms with van der Waals surface area (Å²) >= 11 is 1.45. The van der Waals surface area contributed by atoms with Crippen LogP contribution in [0.4, 0.5) is 0 Å². The predicted molar refractivity (Wildman–Crippen MR) is 123 cm³/mol. The second kappa shape index (κ2) is 8.31. The Labute approximate surface area is 188 Å². The molecule has 0 radical (unpaired) electrons. The number of carbonyl (C=O) groups is 1. The van der Waals surface area contributed by atoms with Crippen LogP contribution in [0.3, 0.4) is 0 Å².